The van der Waals surface area contributed by atoms with E-state index >= 15 is 0 Å². The minimum Gasteiger partial charge on any atom is -0.380 e. The van der Waals surface area contributed by atoms with Crippen LogP contribution in [0.5, 0.6) is 0 Å². The van der Waals surface area contributed by atoms with Crippen LogP contribution in [0.15, 0.2) is 0 Å². The summed E-state index contributed by atoms with van der Waals surface area (Å²) in [5.41, 5.74) is 0. The number of hydrogen-bond donors (Lipinski definition) is 1. The normalized spacial score (nSPS) is 13.5. The van der Waals surface area contributed by atoms with E-state index in [9.17, 15) is 0 Å². The van der Waals surface area contributed by atoms with Gasteiger partial charge in [-0.2, -0.15) is 11.8 Å². The van der Waals surface area contributed by atoms with E-state index in [4.69, 9.17) is 4.74 Å². The second-order valence-electron chi connectivity index (χ2n) is 2.10. The van der Waals surface area contributed by atoms with Crippen LogP contribution in [-0.2, 0) is 4.74 Å². The lowest BCUT2D eigenvalue weighted by Gasteiger charge is -2.13. The standard InChI is InChI=1S/C7H17NOS/c1-4-9-5-7(8-2)6-10-3/h7-8H,4-6H2,1-3H3. The van der Waals surface area contributed by atoms with Crippen LogP contribution in [0.25, 0.3) is 0 Å². The number of hydrogen-bond acceptors (Lipinski definition) is 3. The zero-order valence-corrected chi connectivity index (χ0v) is 7.83. The van der Waals surface area contributed by atoms with E-state index in [0.717, 1.165) is 19.0 Å². The Labute approximate surface area is 67.7 Å². The molecule has 0 rings (SSSR count). The Hall–Kier alpha value is 0.270. The van der Waals surface area contributed by atoms with Crippen molar-refractivity contribution >= 4 is 11.8 Å². The van der Waals surface area contributed by atoms with Crippen LogP contribution in [0.4, 0.5) is 0 Å². The summed E-state index contributed by atoms with van der Waals surface area (Å²) in [4.78, 5) is 0. The molecule has 0 spiro atoms. The van der Waals surface area contributed by atoms with Crippen molar-refractivity contribution in [1.29, 1.82) is 0 Å². The molecule has 0 aromatic carbocycles. The van der Waals surface area contributed by atoms with Crippen molar-refractivity contribution in [2.24, 2.45) is 0 Å². The van der Waals surface area contributed by atoms with Gasteiger partial charge in [0.25, 0.3) is 0 Å². The average molecular weight is 163 g/mol. The van der Waals surface area contributed by atoms with Gasteiger partial charge >= 0.3 is 0 Å². The maximum Gasteiger partial charge on any atom is 0.0627 e. The largest absolute Gasteiger partial charge is 0.380 e. The van der Waals surface area contributed by atoms with E-state index in [-0.39, 0.29) is 0 Å². The molecule has 0 aromatic rings. The second-order valence-corrected chi connectivity index (χ2v) is 3.01. The predicted molar refractivity (Wildman–Crippen MR) is 47.7 cm³/mol. The molecule has 0 heterocycles. The highest BCUT2D eigenvalue weighted by Gasteiger charge is 2.02. The zero-order chi connectivity index (χ0) is 7.82. The third-order valence-electron chi connectivity index (χ3n) is 1.30. The Balaban J connectivity index is 3.21. The van der Waals surface area contributed by atoms with Gasteiger partial charge in [0.05, 0.1) is 6.61 Å². The van der Waals surface area contributed by atoms with Crippen molar-refractivity contribution < 1.29 is 4.74 Å². The Morgan fingerprint density at radius 3 is 2.70 bits per heavy atom. The monoisotopic (exact) mass is 163 g/mol. The first-order valence-electron chi connectivity index (χ1n) is 3.59. The van der Waals surface area contributed by atoms with Gasteiger partial charge in [0.1, 0.15) is 0 Å². The predicted octanol–water partition coefficient (Wildman–Crippen LogP) is 0.974. The topological polar surface area (TPSA) is 21.3 Å². The number of likely N-dealkylation sites (N-methyl/N-ethyl adjacent to an activating group) is 1. The zero-order valence-electron chi connectivity index (χ0n) is 7.02. The first-order valence-corrected chi connectivity index (χ1v) is 4.98. The molecule has 0 fully saturated rings. The summed E-state index contributed by atoms with van der Waals surface area (Å²) in [5.74, 6) is 1.12. The van der Waals surface area contributed by atoms with E-state index in [1.165, 1.54) is 0 Å². The molecule has 0 saturated carbocycles. The van der Waals surface area contributed by atoms with Crippen LogP contribution in [0, 0.1) is 0 Å². The summed E-state index contributed by atoms with van der Waals surface area (Å²) in [5, 5.41) is 3.19. The van der Waals surface area contributed by atoms with Gasteiger partial charge in [-0.1, -0.05) is 0 Å². The lowest BCUT2D eigenvalue weighted by Crippen LogP contribution is -2.32. The van der Waals surface area contributed by atoms with Gasteiger partial charge in [-0.15, -0.1) is 0 Å². The quantitative estimate of drug-likeness (QED) is 0.630. The molecule has 0 aliphatic carbocycles. The van der Waals surface area contributed by atoms with Gasteiger partial charge in [-0.25, -0.2) is 0 Å². The molecule has 0 saturated heterocycles. The first kappa shape index (κ1) is 10.3. The molecule has 3 heteroatoms. The first-order chi connectivity index (χ1) is 4.85. The Morgan fingerprint density at radius 2 is 2.30 bits per heavy atom. The molecule has 2 nitrogen and oxygen atoms in total. The number of nitrogens with one attached hydrogen (secondary N) is 1. The molecule has 10 heavy (non-hydrogen) atoms. The maximum absolute atomic E-state index is 5.26. The van der Waals surface area contributed by atoms with Crippen molar-refractivity contribution in [2.45, 2.75) is 13.0 Å². The van der Waals surface area contributed by atoms with Crippen LogP contribution in [0.2, 0.25) is 0 Å². The summed E-state index contributed by atoms with van der Waals surface area (Å²) in [7, 11) is 1.97. The third-order valence-corrected chi connectivity index (χ3v) is 2.03. The van der Waals surface area contributed by atoms with Gasteiger partial charge in [0.2, 0.25) is 0 Å². The molecule has 0 radical (unpaired) electrons. The van der Waals surface area contributed by atoms with Crippen molar-refractivity contribution in [2.75, 3.05) is 32.3 Å². The van der Waals surface area contributed by atoms with Crippen molar-refractivity contribution in [3.05, 3.63) is 0 Å². The Morgan fingerprint density at radius 1 is 1.60 bits per heavy atom. The molecule has 1 atom stereocenters. The van der Waals surface area contributed by atoms with Gasteiger partial charge < -0.3 is 10.1 Å². The summed E-state index contributed by atoms with van der Waals surface area (Å²) >= 11 is 1.84. The fourth-order valence-corrected chi connectivity index (χ4v) is 1.34. The molecule has 0 aliphatic rings. The second kappa shape index (κ2) is 7.38. The van der Waals surface area contributed by atoms with Crippen molar-refractivity contribution in [1.82, 2.24) is 5.32 Å². The fourth-order valence-electron chi connectivity index (χ4n) is 0.676. The van der Waals surface area contributed by atoms with E-state index in [1.807, 2.05) is 25.7 Å². The van der Waals surface area contributed by atoms with Crippen molar-refractivity contribution in [3.8, 4) is 0 Å². The number of rotatable bonds is 6. The van der Waals surface area contributed by atoms with Crippen LogP contribution in [0.3, 0.4) is 0 Å². The third kappa shape index (κ3) is 5.09. The van der Waals surface area contributed by atoms with Crippen LogP contribution < -0.4 is 5.32 Å². The highest BCUT2D eigenvalue weighted by molar-refractivity contribution is 7.98. The SMILES string of the molecule is CCOCC(CSC)NC. The summed E-state index contributed by atoms with van der Waals surface area (Å²) in [6, 6.07) is 0.509. The van der Waals surface area contributed by atoms with E-state index < -0.39 is 0 Å². The highest BCUT2D eigenvalue weighted by Crippen LogP contribution is 1.96. The summed E-state index contributed by atoms with van der Waals surface area (Å²) in [6.45, 7) is 3.66. The molecular weight excluding hydrogens is 146 g/mol. The minimum atomic E-state index is 0.509. The van der Waals surface area contributed by atoms with Gasteiger partial charge in [-0.05, 0) is 20.2 Å². The highest BCUT2D eigenvalue weighted by atomic mass is 32.2. The minimum absolute atomic E-state index is 0.509. The average Bonchev–Trinajstić information content (AvgIpc) is 1.98. The van der Waals surface area contributed by atoms with E-state index in [2.05, 4.69) is 11.6 Å². The van der Waals surface area contributed by atoms with Crippen molar-refractivity contribution in [3.63, 3.8) is 0 Å². The Bertz CT molecular complexity index is 70.6. The van der Waals surface area contributed by atoms with Crippen LogP contribution >= 0.6 is 11.8 Å². The molecule has 0 bridgehead atoms. The van der Waals surface area contributed by atoms with Crippen LogP contribution in [-0.4, -0.2) is 38.3 Å². The summed E-state index contributed by atoms with van der Waals surface area (Å²) < 4.78 is 5.26. The number of ether oxygens (including phenoxy) is 1. The Kier molecular flexibility index (Phi) is 7.58. The molecule has 1 unspecified atom stereocenters. The van der Waals surface area contributed by atoms with Gasteiger partial charge in [-0.3, -0.25) is 0 Å². The van der Waals surface area contributed by atoms with Crippen LogP contribution in [0.1, 0.15) is 6.92 Å². The fraction of sp³-hybridized carbons (Fsp3) is 1.00. The molecule has 0 amide bonds. The van der Waals surface area contributed by atoms with Gasteiger partial charge in [0.15, 0.2) is 0 Å². The molecule has 0 aliphatic heterocycles. The molecule has 0 aromatic heterocycles. The smallest absolute Gasteiger partial charge is 0.0627 e. The molecule has 1 N–H and O–H groups in total. The van der Waals surface area contributed by atoms with E-state index in [1.54, 1.807) is 0 Å². The maximum atomic E-state index is 5.26. The van der Waals surface area contributed by atoms with E-state index in [0.29, 0.717) is 6.04 Å². The lowest BCUT2D eigenvalue weighted by molar-refractivity contribution is 0.131. The summed E-state index contributed by atoms with van der Waals surface area (Å²) in [6.07, 6.45) is 2.11. The lowest BCUT2D eigenvalue weighted by atomic mass is 10.4. The molecule has 62 valence electrons. The number of thioether (sulfide) groups is 1. The molecular formula is C7H17NOS. The van der Waals surface area contributed by atoms with Gasteiger partial charge in [0, 0.05) is 18.4 Å².